The maximum atomic E-state index is 14.2. The Labute approximate surface area is 148 Å². The van der Waals surface area contributed by atoms with Crippen molar-refractivity contribution in [2.75, 3.05) is 19.4 Å². The van der Waals surface area contributed by atoms with Crippen molar-refractivity contribution in [3.8, 4) is 11.8 Å². The van der Waals surface area contributed by atoms with Gasteiger partial charge in [0.05, 0.1) is 6.61 Å². The van der Waals surface area contributed by atoms with Gasteiger partial charge in [0.1, 0.15) is 10.9 Å². The molecule has 2 aromatic rings. The van der Waals surface area contributed by atoms with Crippen LogP contribution < -0.4 is 10.1 Å². The lowest BCUT2D eigenvalue weighted by molar-refractivity contribution is 0.262. The molecule has 3 heterocycles. The van der Waals surface area contributed by atoms with Gasteiger partial charge in [-0.15, -0.1) is 0 Å². The molecule has 1 aliphatic rings. The Hall–Kier alpha value is -1.38. The zero-order chi connectivity index (χ0) is 17.1. The van der Waals surface area contributed by atoms with Crippen LogP contribution in [0.2, 0.25) is 5.15 Å². The fourth-order valence-electron chi connectivity index (χ4n) is 2.74. The molecule has 130 valence electrons. The van der Waals surface area contributed by atoms with E-state index in [-0.39, 0.29) is 33.0 Å². The molecule has 1 aliphatic heterocycles. The summed E-state index contributed by atoms with van der Waals surface area (Å²) in [7, 11) is 0. The molecule has 0 bridgehead atoms. The second-order valence-corrected chi connectivity index (χ2v) is 6.69. The van der Waals surface area contributed by atoms with E-state index in [2.05, 4.69) is 20.3 Å². The number of rotatable bonds is 5. The van der Waals surface area contributed by atoms with Crippen LogP contribution in [0, 0.1) is 5.82 Å². The van der Waals surface area contributed by atoms with E-state index in [0.717, 1.165) is 19.4 Å². The molecule has 1 fully saturated rings. The van der Waals surface area contributed by atoms with Gasteiger partial charge in [0.15, 0.2) is 16.1 Å². The van der Waals surface area contributed by atoms with Crippen molar-refractivity contribution in [1.29, 1.82) is 0 Å². The fourth-order valence-corrected chi connectivity index (χ4v) is 3.27. The second-order valence-electron chi connectivity index (χ2n) is 5.56. The van der Waals surface area contributed by atoms with Gasteiger partial charge in [0.2, 0.25) is 11.8 Å². The number of pyridine rings is 1. The largest absolute Gasteiger partial charge is 0.493 e. The number of hydrogen-bond acceptors (Lipinski definition) is 7. The van der Waals surface area contributed by atoms with Crippen molar-refractivity contribution in [3.63, 3.8) is 0 Å². The molecule has 0 spiro atoms. The lowest BCUT2D eigenvalue weighted by Crippen LogP contribution is -2.35. The molecule has 2 N–H and O–H groups in total. The molecule has 0 saturated carbocycles. The predicted octanol–water partition coefficient (Wildman–Crippen LogP) is 3.16. The van der Waals surface area contributed by atoms with E-state index >= 15 is 0 Å². The van der Waals surface area contributed by atoms with Crippen LogP contribution in [0.5, 0.6) is 11.8 Å². The number of aromatic hydroxyl groups is 1. The summed E-state index contributed by atoms with van der Waals surface area (Å²) in [5, 5.41) is 13.5. The van der Waals surface area contributed by atoms with Gasteiger partial charge in [-0.2, -0.15) is 9.97 Å². The first-order valence-electron chi connectivity index (χ1n) is 7.76. The molecule has 2 aromatic heterocycles. The van der Waals surface area contributed by atoms with E-state index < -0.39 is 5.82 Å². The highest BCUT2D eigenvalue weighted by Crippen LogP contribution is 2.35. The van der Waals surface area contributed by atoms with Gasteiger partial charge in [0.25, 0.3) is 0 Å². The van der Waals surface area contributed by atoms with Crippen molar-refractivity contribution in [1.82, 2.24) is 20.3 Å². The Balaban J connectivity index is 1.85. The van der Waals surface area contributed by atoms with Crippen molar-refractivity contribution in [2.24, 2.45) is 0 Å². The number of nitrogens with one attached hydrogen (secondary N) is 1. The quantitative estimate of drug-likeness (QED) is 0.474. The standard InChI is InChI=1S/C15H18ClFN4O2S/c1-24-15-19-11-9(13(22)21-15)14(20-12(16)10(11)17)23-7-5-8-4-2-3-6-18-8/h8,18H,2-7H2,1H3,(H,19,21,22). The SMILES string of the molecule is CSc1nc(O)c2c(OCCC3CCCCN3)nc(Cl)c(F)c2n1. The molecular formula is C15H18ClFN4O2S. The molecule has 0 amide bonds. The Morgan fingerprint density at radius 3 is 2.92 bits per heavy atom. The zero-order valence-corrected chi connectivity index (χ0v) is 14.8. The molecule has 24 heavy (non-hydrogen) atoms. The van der Waals surface area contributed by atoms with Crippen LogP contribution in [0.25, 0.3) is 10.9 Å². The lowest BCUT2D eigenvalue weighted by atomic mass is 10.0. The first kappa shape index (κ1) is 17.4. The monoisotopic (exact) mass is 372 g/mol. The van der Waals surface area contributed by atoms with Crippen LogP contribution in [-0.2, 0) is 0 Å². The van der Waals surface area contributed by atoms with Crippen LogP contribution in [0.1, 0.15) is 25.7 Å². The highest BCUT2D eigenvalue weighted by atomic mass is 35.5. The first-order valence-corrected chi connectivity index (χ1v) is 9.36. The minimum Gasteiger partial charge on any atom is -0.493 e. The van der Waals surface area contributed by atoms with E-state index in [1.165, 1.54) is 24.6 Å². The van der Waals surface area contributed by atoms with Crippen LogP contribution >= 0.6 is 23.4 Å². The normalized spacial score (nSPS) is 18.0. The number of nitrogens with zero attached hydrogens (tertiary/aromatic N) is 3. The number of thioether (sulfide) groups is 1. The maximum absolute atomic E-state index is 14.2. The smallest absolute Gasteiger partial charge is 0.230 e. The highest BCUT2D eigenvalue weighted by Gasteiger charge is 2.21. The molecule has 3 rings (SSSR count). The Bertz CT molecular complexity index is 743. The van der Waals surface area contributed by atoms with Crippen molar-refractivity contribution in [3.05, 3.63) is 11.0 Å². The zero-order valence-electron chi connectivity index (χ0n) is 13.2. The Morgan fingerprint density at radius 2 is 2.21 bits per heavy atom. The average Bonchev–Trinajstić information content (AvgIpc) is 2.59. The summed E-state index contributed by atoms with van der Waals surface area (Å²) in [6, 6.07) is 0.397. The molecule has 1 saturated heterocycles. The Kier molecular flexibility index (Phi) is 5.57. The average molecular weight is 373 g/mol. The third-order valence-electron chi connectivity index (χ3n) is 3.97. The van der Waals surface area contributed by atoms with E-state index in [1.54, 1.807) is 6.26 Å². The van der Waals surface area contributed by atoms with Gasteiger partial charge < -0.3 is 15.2 Å². The predicted molar refractivity (Wildman–Crippen MR) is 91.5 cm³/mol. The lowest BCUT2D eigenvalue weighted by Gasteiger charge is -2.23. The third-order valence-corrected chi connectivity index (χ3v) is 4.77. The highest BCUT2D eigenvalue weighted by molar-refractivity contribution is 7.98. The fraction of sp³-hybridized carbons (Fsp3) is 0.533. The van der Waals surface area contributed by atoms with E-state index in [4.69, 9.17) is 16.3 Å². The van der Waals surface area contributed by atoms with E-state index in [9.17, 15) is 9.50 Å². The van der Waals surface area contributed by atoms with E-state index in [1.807, 2.05) is 0 Å². The van der Waals surface area contributed by atoms with E-state index in [0.29, 0.717) is 12.6 Å². The van der Waals surface area contributed by atoms with Crippen LogP contribution in [0.15, 0.2) is 5.16 Å². The summed E-state index contributed by atoms with van der Waals surface area (Å²) in [5.41, 5.74) is -0.0855. The van der Waals surface area contributed by atoms with Gasteiger partial charge >= 0.3 is 0 Å². The molecular weight excluding hydrogens is 355 g/mol. The second kappa shape index (κ2) is 7.67. The topological polar surface area (TPSA) is 80.2 Å². The van der Waals surface area contributed by atoms with Crippen LogP contribution in [0.3, 0.4) is 0 Å². The van der Waals surface area contributed by atoms with Gasteiger partial charge in [-0.25, -0.2) is 9.37 Å². The molecule has 1 unspecified atom stereocenters. The van der Waals surface area contributed by atoms with Gasteiger partial charge in [0, 0.05) is 6.04 Å². The summed E-state index contributed by atoms with van der Waals surface area (Å²) in [5.74, 6) is -1.10. The third kappa shape index (κ3) is 3.65. The van der Waals surface area contributed by atoms with Gasteiger partial charge in [-0.3, -0.25) is 0 Å². The summed E-state index contributed by atoms with van der Waals surface area (Å²) in [4.78, 5) is 11.9. The summed E-state index contributed by atoms with van der Waals surface area (Å²) >= 11 is 7.03. The van der Waals surface area contributed by atoms with Gasteiger partial charge in [-0.05, 0) is 32.1 Å². The number of piperidine rings is 1. The Morgan fingerprint density at radius 1 is 1.38 bits per heavy atom. The number of aromatic nitrogens is 3. The molecule has 0 aromatic carbocycles. The molecule has 6 nitrogen and oxygen atoms in total. The van der Waals surface area contributed by atoms with Crippen molar-refractivity contribution >= 4 is 34.3 Å². The number of hydrogen-bond donors (Lipinski definition) is 2. The molecule has 9 heteroatoms. The summed E-state index contributed by atoms with van der Waals surface area (Å²) in [6.07, 6.45) is 6.03. The maximum Gasteiger partial charge on any atom is 0.230 e. The van der Waals surface area contributed by atoms with Crippen LogP contribution in [-0.4, -0.2) is 45.5 Å². The number of ether oxygens (including phenoxy) is 1. The minimum atomic E-state index is -0.791. The van der Waals surface area contributed by atoms with Gasteiger partial charge in [-0.1, -0.05) is 29.8 Å². The molecule has 0 aliphatic carbocycles. The number of fused-ring (bicyclic) bond motifs is 1. The summed E-state index contributed by atoms with van der Waals surface area (Å²) in [6.45, 7) is 1.39. The molecule has 1 atom stereocenters. The number of halogens is 2. The first-order chi connectivity index (χ1) is 11.6. The minimum absolute atomic E-state index is 0.0475. The summed E-state index contributed by atoms with van der Waals surface area (Å²) < 4.78 is 19.9. The molecule has 0 radical (unpaired) electrons. The van der Waals surface area contributed by atoms with Crippen LogP contribution in [0.4, 0.5) is 4.39 Å². The van der Waals surface area contributed by atoms with Crippen molar-refractivity contribution < 1.29 is 14.2 Å². The van der Waals surface area contributed by atoms with Crippen molar-refractivity contribution in [2.45, 2.75) is 36.9 Å².